The smallest absolute Gasteiger partial charge is 0.0361 e. The van der Waals surface area contributed by atoms with Crippen molar-refractivity contribution in [1.29, 1.82) is 0 Å². The summed E-state index contributed by atoms with van der Waals surface area (Å²) >= 11 is 0. The summed E-state index contributed by atoms with van der Waals surface area (Å²) in [7, 11) is -0.926. The van der Waals surface area contributed by atoms with E-state index in [1.165, 1.54) is 5.01 Å². The van der Waals surface area contributed by atoms with Gasteiger partial charge >= 0.3 is 0 Å². The van der Waals surface area contributed by atoms with Crippen LogP contribution in [0.3, 0.4) is 0 Å². The molecule has 0 unspecified atom stereocenters. The first kappa shape index (κ1) is 18.5. The van der Waals surface area contributed by atoms with Crippen LogP contribution in [0, 0.1) is 12.1 Å². The van der Waals surface area contributed by atoms with Crippen LogP contribution >= 0.6 is 10.6 Å². The second kappa shape index (κ2) is 8.27. The molecule has 97 valence electrons. The van der Waals surface area contributed by atoms with Gasteiger partial charge in [0.05, 0.1) is 0 Å². The SMILES string of the molecule is CCS(O)(O)C(C)=[C-]N(C)/N=C/C(C)C.[Re]. The van der Waals surface area contributed by atoms with Gasteiger partial charge < -0.3 is 11.2 Å². The average molecular weight is 420 g/mol. The molecule has 0 spiro atoms. The molecule has 2 N–H and O–H groups in total. The van der Waals surface area contributed by atoms with E-state index in [0.29, 0.717) is 16.6 Å². The monoisotopic (exact) mass is 420 g/mol. The molecule has 0 aromatic carbocycles. The Kier molecular flexibility index (Phi) is 9.56. The third-order valence-corrected chi connectivity index (χ3v) is 3.63. The fourth-order valence-electron chi connectivity index (χ4n) is 0.780. The van der Waals surface area contributed by atoms with Gasteiger partial charge in [-0.3, -0.25) is 9.11 Å². The Labute approximate surface area is 114 Å². The van der Waals surface area contributed by atoms with E-state index in [9.17, 15) is 9.11 Å². The summed E-state index contributed by atoms with van der Waals surface area (Å²) < 4.78 is 19.2. The van der Waals surface area contributed by atoms with Crippen LogP contribution in [-0.2, 0) is 20.4 Å². The van der Waals surface area contributed by atoms with Crippen molar-refractivity contribution in [1.82, 2.24) is 5.01 Å². The quantitative estimate of drug-likeness (QED) is 0.312. The van der Waals surface area contributed by atoms with Crippen molar-refractivity contribution in [3.63, 3.8) is 0 Å². The van der Waals surface area contributed by atoms with Gasteiger partial charge in [0.2, 0.25) is 0 Å². The van der Waals surface area contributed by atoms with Crippen molar-refractivity contribution < 1.29 is 29.5 Å². The van der Waals surface area contributed by atoms with Gasteiger partial charge in [-0.2, -0.15) is 0 Å². The van der Waals surface area contributed by atoms with Gasteiger partial charge in [-0.05, 0) is 19.9 Å². The maximum absolute atomic E-state index is 9.58. The third kappa shape index (κ3) is 7.42. The summed E-state index contributed by atoms with van der Waals surface area (Å²) in [6, 6.07) is 0. The van der Waals surface area contributed by atoms with E-state index >= 15 is 0 Å². The van der Waals surface area contributed by atoms with Gasteiger partial charge in [-0.1, -0.05) is 20.8 Å². The maximum Gasteiger partial charge on any atom is 0.0361 e. The Balaban J connectivity index is 0. The van der Waals surface area contributed by atoms with Crippen molar-refractivity contribution in [3.8, 4) is 0 Å². The second-order valence-corrected chi connectivity index (χ2v) is 6.18. The molecule has 0 aliphatic rings. The minimum Gasteiger partial charge on any atom is -0.448 e. The van der Waals surface area contributed by atoms with Crippen molar-refractivity contribution in [2.24, 2.45) is 11.0 Å². The topological polar surface area (TPSA) is 56.1 Å². The summed E-state index contributed by atoms with van der Waals surface area (Å²) in [4.78, 5) is 0.438. The number of rotatable bonds is 5. The maximum atomic E-state index is 9.58. The summed E-state index contributed by atoms with van der Waals surface area (Å²) in [5.74, 6) is 0.675. The van der Waals surface area contributed by atoms with E-state index in [-0.39, 0.29) is 20.4 Å². The van der Waals surface area contributed by atoms with Crippen molar-refractivity contribution >= 4 is 16.8 Å². The first-order valence-electron chi connectivity index (χ1n) is 4.93. The molecular weight excluding hydrogens is 398 g/mol. The summed E-state index contributed by atoms with van der Waals surface area (Å²) in [5.41, 5.74) is 0. The Morgan fingerprint density at radius 1 is 1.50 bits per heavy atom. The second-order valence-electron chi connectivity index (χ2n) is 3.66. The van der Waals surface area contributed by atoms with Gasteiger partial charge in [-0.25, -0.2) is 15.7 Å². The van der Waals surface area contributed by atoms with Crippen molar-refractivity contribution in [2.45, 2.75) is 27.7 Å². The molecule has 0 aliphatic carbocycles. The Hall–Kier alpha value is 0.142. The number of hydrogen-bond acceptors (Lipinski definition) is 4. The zero-order valence-electron chi connectivity index (χ0n) is 10.4. The molecule has 0 heterocycles. The molecule has 0 fully saturated rings. The predicted molar refractivity (Wildman–Crippen MR) is 66.9 cm³/mol. The molecule has 0 saturated carbocycles. The van der Waals surface area contributed by atoms with Crippen LogP contribution in [0.2, 0.25) is 0 Å². The minimum atomic E-state index is -2.64. The zero-order chi connectivity index (χ0) is 12.1. The third-order valence-electron chi connectivity index (χ3n) is 1.75. The van der Waals surface area contributed by atoms with Crippen molar-refractivity contribution in [3.05, 3.63) is 11.1 Å². The summed E-state index contributed by atoms with van der Waals surface area (Å²) in [6.45, 7) is 7.43. The number of nitrogens with zero attached hydrogens (tertiary/aromatic N) is 2. The van der Waals surface area contributed by atoms with Gasteiger partial charge in [-0.15, -0.1) is 4.91 Å². The average Bonchev–Trinajstić information content (AvgIpc) is 2.14. The fourth-order valence-corrected chi connectivity index (χ4v) is 1.49. The van der Waals surface area contributed by atoms with E-state index in [1.807, 2.05) is 13.8 Å². The Bertz CT molecular complexity index is 255. The molecule has 0 saturated heterocycles. The molecule has 1 radical (unpaired) electrons. The Morgan fingerprint density at radius 2 is 2.00 bits per heavy atom. The van der Waals surface area contributed by atoms with Crippen LogP contribution < -0.4 is 0 Å². The molecule has 0 amide bonds. The first-order valence-corrected chi connectivity index (χ1v) is 6.65. The van der Waals surface area contributed by atoms with Gasteiger partial charge in [0.1, 0.15) is 0 Å². The molecule has 0 atom stereocenters. The van der Waals surface area contributed by atoms with Crippen molar-refractivity contribution in [2.75, 3.05) is 12.8 Å². The van der Waals surface area contributed by atoms with E-state index in [2.05, 4.69) is 11.3 Å². The molecule has 6 heteroatoms. The molecule has 0 aliphatic heterocycles. The molecular formula is C10H21N2O2ReS-. The number of hydrazone groups is 1. The summed E-state index contributed by atoms with van der Waals surface area (Å²) in [5, 5.41) is 5.55. The normalized spacial score (nSPS) is 14.1. The van der Waals surface area contributed by atoms with Crippen LogP contribution in [-0.4, -0.2) is 33.1 Å². The van der Waals surface area contributed by atoms with Gasteiger partial charge in [0.15, 0.2) is 0 Å². The molecule has 4 nitrogen and oxygen atoms in total. The van der Waals surface area contributed by atoms with Crippen LogP contribution in [0.4, 0.5) is 0 Å². The van der Waals surface area contributed by atoms with Crippen LogP contribution in [0.5, 0.6) is 0 Å². The van der Waals surface area contributed by atoms with E-state index in [1.54, 1.807) is 27.1 Å². The molecule has 16 heavy (non-hydrogen) atoms. The van der Waals surface area contributed by atoms with Crippen LogP contribution in [0.1, 0.15) is 27.7 Å². The molecule has 0 rings (SSSR count). The van der Waals surface area contributed by atoms with E-state index in [4.69, 9.17) is 0 Å². The zero-order valence-corrected chi connectivity index (χ0v) is 14.0. The largest absolute Gasteiger partial charge is 0.448 e. The Morgan fingerprint density at radius 3 is 2.38 bits per heavy atom. The standard InChI is InChI=1S/C10H21N2O2S.Re/c1-6-15(13,14)10(4)8-12(5)11-7-9(2)3;/h7,9,13-14H,6H2,1-5H3;/q-1;/b11-7+;. The molecule has 0 aromatic rings. The number of allylic oxidation sites excluding steroid dienone is 1. The predicted octanol–water partition coefficient (Wildman–Crippen LogP) is 2.99. The summed E-state index contributed by atoms with van der Waals surface area (Å²) in [6.07, 6.45) is 4.59. The number of hydrogen-bond donors (Lipinski definition) is 2. The van der Waals surface area contributed by atoms with E-state index in [0.717, 1.165) is 0 Å². The van der Waals surface area contributed by atoms with Crippen LogP contribution in [0.15, 0.2) is 10.0 Å². The van der Waals surface area contributed by atoms with Crippen LogP contribution in [0.25, 0.3) is 0 Å². The molecule has 0 aromatic heterocycles. The van der Waals surface area contributed by atoms with Gasteiger partial charge in [0.25, 0.3) is 0 Å². The molecule has 0 bridgehead atoms. The van der Waals surface area contributed by atoms with Gasteiger partial charge in [0, 0.05) is 32.4 Å². The fraction of sp³-hybridized carbons (Fsp3) is 0.700. The first-order chi connectivity index (χ1) is 6.79. The van der Waals surface area contributed by atoms with E-state index < -0.39 is 10.6 Å². The minimum absolute atomic E-state index is 0.